The van der Waals surface area contributed by atoms with E-state index >= 15 is 0 Å². The van der Waals surface area contributed by atoms with E-state index in [-0.39, 0.29) is 30.2 Å². The van der Waals surface area contributed by atoms with Crippen LogP contribution >= 0.6 is 0 Å². The second-order valence-corrected chi connectivity index (χ2v) is 4.06. The van der Waals surface area contributed by atoms with Crippen LogP contribution in [0.4, 0.5) is 5.69 Å². The first kappa shape index (κ1) is 15.6. The number of benzene rings is 1. The maximum Gasteiger partial charge on any atom is 0.325 e. The quantitative estimate of drug-likeness (QED) is 0.379. The summed E-state index contributed by atoms with van der Waals surface area (Å²) < 4.78 is 0. The van der Waals surface area contributed by atoms with Crippen LogP contribution in [0.5, 0.6) is 0 Å². The van der Waals surface area contributed by atoms with Gasteiger partial charge in [-0.1, -0.05) is 12.1 Å². The summed E-state index contributed by atoms with van der Waals surface area (Å²) in [5.74, 6) is -1.36. The molecule has 1 aromatic carbocycles. The maximum absolute atomic E-state index is 11.2. The number of aliphatic carboxylic acids is 1. The van der Waals surface area contributed by atoms with Gasteiger partial charge in [-0.25, -0.2) is 0 Å². The molecule has 0 saturated heterocycles. The predicted octanol–water partition coefficient (Wildman–Crippen LogP) is 0.446. The summed E-state index contributed by atoms with van der Waals surface area (Å²) in [5, 5.41) is 25.1. The summed E-state index contributed by atoms with van der Waals surface area (Å²) in [4.78, 5) is 32.0. The van der Waals surface area contributed by atoms with Crippen molar-refractivity contribution in [3.8, 4) is 0 Å². The Morgan fingerprint density at radius 3 is 2.65 bits per heavy atom. The van der Waals surface area contributed by atoms with Gasteiger partial charge in [0.1, 0.15) is 6.04 Å². The zero-order chi connectivity index (χ0) is 15.1. The fourth-order valence-corrected chi connectivity index (χ4v) is 1.62. The number of carbonyl (C=O) groups is 2. The van der Waals surface area contributed by atoms with Gasteiger partial charge in [0, 0.05) is 32.1 Å². The molecule has 0 heterocycles. The summed E-state index contributed by atoms with van der Waals surface area (Å²) in [6.45, 7) is 1.86. The van der Waals surface area contributed by atoms with Crippen LogP contribution in [0.25, 0.3) is 0 Å². The van der Waals surface area contributed by atoms with Crippen molar-refractivity contribution in [3.63, 3.8) is 0 Å². The van der Waals surface area contributed by atoms with Gasteiger partial charge in [0.05, 0.1) is 4.92 Å². The third-order valence-electron chi connectivity index (χ3n) is 2.51. The Labute approximate surface area is 114 Å². The van der Waals surface area contributed by atoms with Crippen molar-refractivity contribution >= 4 is 17.6 Å². The molecule has 3 N–H and O–H groups in total. The molecule has 0 fully saturated rings. The number of non-ortho nitro benzene ring substituents is 1. The number of nitrogens with zero attached hydrogens (tertiary/aromatic N) is 1. The molecule has 1 aromatic rings. The number of rotatable bonds is 7. The molecule has 0 spiro atoms. The first-order chi connectivity index (χ1) is 9.41. The summed E-state index contributed by atoms with van der Waals surface area (Å²) in [6.07, 6.45) is 0. The molecule has 0 aromatic heterocycles. The zero-order valence-electron chi connectivity index (χ0n) is 10.8. The molecule has 1 unspecified atom stereocenters. The highest BCUT2D eigenvalue weighted by Gasteiger charge is 2.20. The van der Waals surface area contributed by atoms with Crippen LogP contribution < -0.4 is 10.6 Å². The van der Waals surface area contributed by atoms with Crippen molar-refractivity contribution < 1.29 is 19.6 Å². The van der Waals surface area contributed by atoms with Gasteiger partial charge < -0.3 is 10.4 Å². The molecular weight excluding hydrogens is 266 g/mol. The standard InChI is InChI=1S/C12H15N3O5/c1-8(16)13-5-6-14-11(12(17)18)9-3-2-4-10(7-9)15(19)20/h2-4,7,11,14H,5-6H2,1H3,(H,13,16)(H,17,18). The largest absolute Gasteiger partial charge is 0.480 e. The number of hydrogen-bond donors (Lipinski definition) is 3. The summed E-state index contributed by atoms with van der Waals surface area (Å²) in [6, 6.07) is 4.36. The minimum Gasteiger partial charge on any atom is -0.480 e. The molecule has 108 valence electrons. The van der Waals surface area contributed by atoms with Crippen LogP contribution in [0.3, 0.4) is 0 Å². The first-order valence-electron chi connectivity index (χ1n) is 5.87. The fraction of sp³-hybridized carbons (Fsp3) is 0.333. The Balaban J connectivity index is 2.75. The number of carboxylic acids is 1. The maximum atomic E-state index is 11.2. The first-order valence-corrected chi connectivity index (χ1v) is 5.87. The van der Waals surface area contributed by atoms with Crippen molar-refractivity contribution in [2.24, 2.45) is 0 Å². The van der Waals surface area contributed by atoms with Gasteiger partial charge in [-0.2, -0.15) is 0 Å². The van der Waals surface area contributed by atoms with E-state index in [1.807, 2.05) is 0 Å². The predicted molar refractivity (Wildman–Crippen MR) is 70.2 cm³/mol. The molecule has 0 aliphatic heterocycles. The monoisotopic (exact) mass is 281 g/mol. The highest BCUT2D eigenvalue weighted by molar-refractivity contribution is 5.76. The average Bonchev–Trinajstić information content (AvgIpc) is 2.38. The summed E-state index contributed by atoms with van der Waals surface area (Å²) in [7, 11) is 0. The Kier molecular flexibility index (Phi) is 5.60. The Morgan fingerprint density at radius 1 is 1.40 bits per heavy atom. The highest BCUT2D eigenvalue weighted by Crippen LogP contribution is 2.19. The molecule has 0 bridgehead atoms. The highest BCUT2D eigenvalue weighted by atomic mass is 16.6. The van der Waals surface area contributed by atoms with Crippen LogP contribution in [0.15, 0.2) is 24.3 Å². The number of nitro benzene ring substituents is 1. The van der Waals surface area contributed by atoms with Gasteiger partial charge in [0.2, 0.25) is 5.91 Å². The van der Waals surface area contributed by atoms with Gasteiger partial charge >= 0.3 is 5.97 Å². The lowest BCUT2D eigenvalue weighted by atomic mass is 10.1. The molecule has 20 heavy (non-hydrogen) atoms. The van der Waals surface area contributed by atoms with Crippen molar-refractivity contribution in [3.05, 3.63) is 39.9 Å². The van der Waals surface area contributed by atoms with Crippen LogP contribution in [-0.4, -0.2) is 35.0 Å². The Morgan fingerprint density at radius 2 is 2.10 bits per heavy atom. The van der Waals surface area contributed by atoms with Crippen LogP contribution in [0.2, 0.25) is 0 Å². The molecule has 8 nitrogen and oxygen atoms in total. The number of amides is 1. The van der Waals surface area contributed by atoms with E-state index in [1.54, 1.807) is 0 Å². The number of carbonyl (C=O) groups excluding carboxylic acids is 1. The second-order valence-electron chi connectivity index (χ2n) is 4.06. The van der Waals surface area contributed by atoms with E-state index in [1.165, 1.54) is 31.2 Å². The van der Waals surface area contributed by atoms with Gasteiger partial charge in [-0.3, -0.25) is 25.0 Å². The van der Waals surface area contributed by atoms with E-state index < -0.39 is 16.9 Å². The average molecular weight is 281 g/mol. The molecule has 1 rings (SSSR count). The van der Waals surface area contributed by atoms with E-state index in [2.05, 4.69) is 10.6 Å². The minimum atomic E-state index is -1.15. The Bertz CT molecular complexity index is 518. The fourth-order valence-electron chi connectivity index (χ4n) is 1.62. The van der Waals surface area contributed by atoms with E-state index in [0.29, 0.717) is 0 Å². The van der Waals surface area contributed by atoms with Crippen LogP contribution in [0.1, 0.15) is 18.5 Å². The molecule has 0 radical (unpaired) electrons. The van der Waals surface area contributed by atoms with E-state index in [4.69, 9.17) is 5.11 Å². The third kappa shape index (κ3) is 4.65. The van der Waals surface area contributed by atoms with Crippen molar-refractivity contribution in [1.82, 2.24) is 10.6 Å². The lowest BCUT2D eigenvalue weighted by Gasteiger charge is -2.14. The lowest BCUT2D eigenvalue weighted by Crippen LogP contribution is -2.35. The van der Waals surface area contributed by atoms with Gasteiger partial charge in [0.25, 0.3) is 5.69 Å². The van der Waals surface area contributed by atoms with Gasteiger partial charge in [0.15, 0.2) is 0 Å². The summed E-state index contributed by atoms with van der Waals surface area (Å²) >= 11 is 0. The molecule has 0 aliphatic carbocycles. The second kappa shape index (κ2) is 7.19. The molecular formula is C12H15N3O5. The van der Waals surface area contributed by atoms with Crippen molar-refractivity contribution in [2.75, 3.05) is 13.1 Å². The third-order valence-corrected chi connectivity index (χ3v) is 2.51. The van der Waals surface area contributed by atoms with Gasteiger partial charge in [-0.15, -0.1) is 0 Å². The molecule has 8 heteroatoms. The minimum absolute atomic E-state index is 0.169. The zero-order valence-corrected chi connectivity index (χ0v) is 10.8. The molecule has 0 saturated carbocycles. The normalized spacial score (nSPS) is 11.7. The van der Waals surface area contributed by atoms with Gasteiger partial charge in [-0.05, 0) is 5.56 Å². The lowest BCUT2D eigenvalue weighted by molar-refractivity contribution is -0.384. The topological polar surface area (TPSA) is 122 Å². The van der Waals surface area contributed by atoms with Crippen molar-refractivity contribution in [2.45, 2.75) is 13.0 Å². The van der Waals surface area contributed by atoms with Crippen LogP contribution in [-0.2, 0) is 9.59 Å². The summed E-state index contributed by atoms with van der Waals surface area (Å²) in [5.41, 5.74) is 0.118. The number of carboxylic acid groups (broad SMARTS) is 1. The molecule has 1 atom stereocenters. The number of nitrogens with one attached hydrogen (secondary N) is 2. The molecule has 0 aliphatic rings. The number of hydrogen-bond acceptors (Lipinski definition) is 5. The SMILES string of the molecule is CC(=O)NCCNC(C(=O)O)c1cccc([N+](=O)[O-])c1. The van der Waals surface area contributed by atoms with Crippen molar-refractivity contribution in [1.29, 1.82) is 0 Å². The number of nitro groups is 1. The van der Waals surface area contributed by atoms with E-state index in [0.717, 1.165) is 0 Å². The molecule has 1 amide bonds. The van der Waals surface area contributed by atoms with E-state index in [9.17, 15) is 19.7 Å². The smallest absolute Gasteiger partial charge is 0.325 e. The van der Waals surface area contributed by atoms with Crippen LogP contribution in [0, 0.1) is 10.1 Å². The Hall–Kier alpha value is -2.48.